The summed E-state index contributed by atoms with van der Waals surface area (Å²) in [5.41, 5.74) is 1.86. The Bertz CT molecular complexity index is 1010. The topological polar surface area (TPSA) is 64.9 Å². The van der Waals surface area contributed by atoms with Crippen LogP contribution < -0.4 is 19.7 Å². The van der Waals surface area contributed by atoms with E-state index >= 15 is 0 Å². The smallest absolute Gasteiger partial charge is 0.279 e. The highest BCUT2D eigenvalue weighted by Gasteiger charge is 2.27. The Morgan fingerprint density at radius 3 is 2.73 bits per heavy atom. The van der Waals surface area contributed by atoms with Crippen LogP contribution in [0.25, 0.3) is 10.2 Å². The van der Waals surface area contributed by atoms with Gasteiger partial charge in [0.1, 0.15) is 0 Å². The average molecular weight is 425 g/mol. The zero-order valence-corrected chi connectivity index (χ0v) is 17.7. The Labute approximate surface area is 179 Å². The van der Waals surface area contributed by atoms with Crippen LogP contribution in [0.15, 0.2) is 42.5 Å². The molecule has 0 spiro atoms. The number of thiazole rings is 1. The van der Waals surface area contributed by atoms with Gasteiger partial charge in [0, 0.05) is 36.9 Å². The minimum Gasteiger partial charge on any atom is -0.490 e. The van der Waals surface area contributed by atoms with Crippen molar-refractivity contribution in [3.63, 3.8) is 0 Å². The van der Waals surface area contributed by atoms with Crippen molar-refractivity contribution in [3.8, 4) is 11.5 Å². The highest BCUT2D eigenvalue weighted by molar-refractivity contribution is 7.18. The van der Waals surface area contributed by atoms with Gasteiger partial charge in [-0.2, -0.15) is 0 Å². The van der Waals surface area contributed by atoms with Crippen LogP contribution in [0.4, 0.5) is 5.69 Å². The van der Waals surface area contributed by atoms with E-state index in [1.165, 1.54) is 14.6 Å². The molecule has 0 unspecified atom stereocenters. The number of nitrogens with zero attached hydrogens (tertiary/aromatic N) is 1. The number of para-hydroxylation sites is 1. The number of piperidine rings is 1. The van der Waals surface area contributed by atoms with Gasteiger partial charge in [-0.3, -0.25) is 4.79 Å². The standard InChI is InChI=1S/C23H25N3O3S/c27-22(24-17-6-7-19-20(14-17)29-13-3-12-28-19)15-26-10-8-16(9-11-26)23-25-18-4-1-2-5-21(18)30-23/h1-2,4-7,14,16H,3,8-13,15H2,(H,24,27)/p+1. The van der Waals surface area contributed by atoms with Gasteiger partial charge >= 0.3 is 0 Å². The lowest BCUT2D eigenvalue weighted by molar-refractivity contribution is -0.897. The molecule has 2 N–H and O–H groups in total. The number of aromatic nitrogens is 1. The first-order valence-electron chi connectivity index (χ1n) is 10.6. The highest BCUT2D eigenvalue weighted by Crippen LogP contribution is 2.33. The molecule has 1 fully saturated rings. The maximum absolute atomic E-state index is 12.6. The molecule has 0 radical (unpaired) electrons. The van der Waals surface area contributed by atoms with Crippen LogP contribution in [0.1, 0.15) is 30.2 Å². The summed E-state index contributed by atoms with van der Waals surface area (Å²) < 4.78 is 12.6. The van der Waals surface area contributed by atoms with E-state index in [9.17, 15) is 4.79 Å². The van der Waals surface area contributed by atoms with Crippen molar-refractivity contribution in [2.24, 2.45) is 0 Å². The summed E-state index contributed by atoms with van der Waals surface area (Å²) in [7, 11) is 0. The van der Waals surface area contributed by atoms with Gasteiger partial charge in [0.15, 0.2) is 18.0 Å². The molecule has 0 atom stereocenters. The van der Waals surface area contributed by atoms with Gasteiger partial charge in [-0.1, -0.05) is 12.1 Å². The fourth-order valence-corrected chi connectivity index (χ4v) is 5.32. The molecule has 1 saturated heterocycles. The third-order valence-electron chi connectivity index (χ3n) is 5.79. The van der Waals surface area contributed by atoms with Crippen LogP contribution in [0.3, 0.4) is 0 Å². The number of anilines is 1. The third-order valence-corrected chi connectivity index (χ3v) is 6.99. The average Bonchev–Trinajstić information content (AvgIpc) is 3.06. The number of fused-ring (bicyclic) bond motifs is 2. The number of amides is 1. The number of hydrogen-bond donors (Lipinski definition) is 2. The second-order valence-corrected chi connectivity index (χ2v) is 9.04. The molecule has 2 aliphatic heterocycles. The summed E-state index contributed by atoms with van der Waals surface area (Å²) in [6, 6.07) is 13.9. The summed E-state index contributed by atoms with van der Waals surface area (Å²) in [6.45, 7) is 3.78. The molecule has 5 rings (SSSR count). The molecule has 0 aliphatic carbocycles. The van der Waals surface area contributed by atoms with Crippen LogP contribution in [0.5, 0.6) is 11.5 Å². The highest BCUT2D eigenvalue weighted by atomic mass is 32.1. The zero-order valence-electron chi connectivity index (χ0n) is 16.9. The lowest BCUT2D eigenvalue weighted by Gasteiger charge is -2.27. The number of nitrogens with one attached hydrogen (secondary N) is 2. The molecule has 2 aromatic carbocycles. The monoisotopic (exact) mass is 424 g/mol. The first-order chi connectivity index (χ1) is 14.7. The van der Waals surface area contributed by atoms with E-state index in [2.05, 4.69) is 23.5 Å². The van der Waals surface area contributed by atoms with E-state index < -0.39 is 0 Å². The summed E-state index contributed by atoms with van der Waals surface area (Å²) in [5.74, 6) is 2.00. The van der Waals surface area contributed by atoms with E-state index in [-0.39, 0.29) is 5.91 Å². The fourth-order valence-electron chi connectivity index (χ4n) is 4.19. The number of quaternary nitrogens is 1. The van der Waals surface area contributed by atoms with Crippen molar-refractivity contribution >= 4 is 33.1 Å². The van der Waals surface area contributed by atoms with E-state index in [4.69, 9.17) is 14.5 Å². The number of ether oxygens (including phenoxy) is 2. The van der Waals surface area contributed by atoms with Gasteiger partial charge in [-0.05, 0) is 24.3 Å². The van der Waals surface area contributed by atoms with Crippen LogP contribution in [0, 0.1) is 0 Å². The molecule has 6 nitrogen and oxygen atoms in total. The molecular formula is C23H26N3O3S+. The van der Waals surface area contributed by atoms with E-state index in [0.717, 1.165) is 49.3 Å². The van der Waals surface area contributed by atoms with Gasteiger partial charge in [0.25, 0.3) is 5.91 Å². The lowest BCUT2D eigenvalue weighted by atomic mass is 9.97. The fraction of sp³-hybridized carbons (Fsp3) is 0.391. The van der Waals surface area contributed by atoms with Crippen LogP contribution >= 0.6 is 11.3 Å². The van der Waals surface area contributed by atoms with Gasteiger partial charge in [0.2, 0.25) is 0 Å². The lowest BCUT2D eigenvalue weighted by Crippen LogP contribution is -3.14. The van der Waals surface area contributed by atoms with Crippen LogP contribution in [0.2, 0.25) is 0 Å². The minimum atomic E-state index is 0.0397. The van der Waals surface area contributed by atoms with Crippen molar-refractivity contribution in [3.05, 3.63) is 47.5 Å². The molecule has 2 aliphatic rings. The third kappa shape index (κ3) is 4.27. The minimum absolute atomic E-state index is 0.0397. The quantitative estimate of drug-likeness (QED) is 0.676. The first kappa shape index (κ1) is 19.3. The summed E-state index contributed by atoms with van der Waals surface area (Å²) in [6.07, 6.45) is 3.02. The molecule has 1 amide bonds. The molecule has 30 heavy (non-hydrogen) atoms. The number of likely N-dealkylation sites (tertiary alicyclic amines) is 1. The molecule has 1 aromatic heterocycles. The number of rotatable bonds is 4. The second-order valence-electron chi connectivity index (χ2n) is 7.98. The molecule has 3 heterocycles. The zero-order chi connectivity index (χ0) is 20.3. The normalized spacial score (nSPS) is 21.2. The number of benzene rings is 2. The molecule has 0 saturated carbocycles. The van der Waals surface area contributed by atoms with Crippen molar-refractivity contribution < 1.29 is 19.2 Å². The van der Waals surface area contributed by atoms with Crippen molar-refractivity contribution in [2.75, 3.05) is 38.2 Å². The molecule has 7 heteroatoms. The van der Waals surface area contributed by atoms with Crippen molar-refractivity contribution in [1.29, 1.82) is 0 Å². The summed E-state index contributed by atoms with van der Waals surface area (Å²) in [5, 5.41) is 4.26. The van der Waals surface area contributed by atoms with Crippen LogP contribution in [-0.4, -0.2) is 43.7 Å². The Kier molecular flexibility index (Phi) is 5.55. The first-order valence-corrected chi connectivity index (χ1v) is 11.4. The Hall–Kier alpha value is -2.64. The number of carbonyl (C=O) groups excluding carboxylic acids is 1. The SMILES string of the molecule is O=C(C[NH+]1CCC(c2nc3ccccc3s2)CC1)Nc1ccc2c(c1)OCCCO2. The number of carbonyl (C=O) groups is 1. The Balaban J connectivity index is 1.15. The Morgan fingerprint density at radius 1 is 1.10 bits per heavy atom. The van der Waals surface area contributed by atoms with Crippen molar-refractivity contribution in [2.45, 2.75) is 25.2 Å². The summed E-state index contributed by atoms with van der Waals surface area (Å²) >= 11 is 1.81. The summed E-state index contributed by atoms with van der Waals surface area (Å²) in [4.78, 5) is 18.7. The van der Waals surface area contributed by atoms with Gasteiger partial charge in [0.05, 0.1) is 41.5 Å². The largest absolute Gasteiger partial charge is 0.490 e. The molecule has 3 aromatic rings. The van der Waals surface area contributed by atoms with Gasteiger partial charge < -0.3 is 19.7 Å². The molecule has 156 valence electrons. The Morgan fingerprint density at radius 2 is 1.90 bits per heavy atom. The van der Waals surface area contributed by atoms with E-state index in [1.54, 1.807) is 0 Å². The predicted molar refractivity (Wildman–Crippen MR) is 118 cm³/mol. The predicted octanol–water partition coefficient (Wildman–Crippen LogP) is 2.86. The maximum Gasteiger partial charge on any atom is 0.279 e. The van der Waals surface area contributed by atoms with Crippen LogP contribution in [-0.2, 0) is 4.79 Å². The van der Waals surface area contributed by atoms with Crippen molar-refractivity contribution in [1.82, 2.24) is 4.98 Å². The molecular weight excluding hydrogens is 398 g/mol. The van der Waals surface area contributed by atoms with Gasteiger partial charge in [-0.25, -0.2) is 4.98 Å². The second kappa shape index (κ2) is 8.62. The molecule has 0 bridgehead atoms. The van der Waals surface area contributed by atoms with Gasteiger partial charge in [-0.15, -0.1) is 11.3 Å². The van der Waals surface area contributed by atoms with E-state index in [0.29, 0.717) is 31.4 Å². The maximum atomic E-state index is 12.6. The number of hydrogen-bond acceptors (Lipinski definition) is 5. The van der Waals surface area contributed by atoms with E-state index in [1.807, 2.05) is 35.6 Å².